The maximum absolute atomic E-state index is 12.1. The number of halogens is 1. The standard InChI is InChI=1S/C15H15BrN2O3S/c1-9(14-3-2-6-22-14)17-15(19)18-11-8-13-12(7-10(11)16)20-4-5-21-13/h2-3,6-9H,4-5H2,1H3,(H2,17,18,19). The lowest BCUT2D eigenvalue weighted by Gasteiger charge is -2.20. The molecule has 2 heterocycles. The fraction of sp³-hybridized carbons (Fsp3) is 0.267. The SMILES string of the molecule is CC(NC(=O)Nc1cc2c(cc1Br)OCCO2)c1cccs1. The zero-order valence-electron chi connectivity index (χ0n) is 11.9. The predicted molar refractivity (Wildman–Crippen MR) is 90.0 cm³/mol. The summed E-state index contributed by atoms with van der Waals surface area (Å²) in [6, 6.07) is 7.21. The molecule has 22 heavy (non-hydrogen) atoms. The van der Waals surface area contributed by atoms with Crippen molar-refractivity contribution in [1.82, 2.24) is 5.32 Å². The molecule has 2 N–H and O–H groups in total. The van der Waals surface area contributed by atoms with E-state index >= 15 is 0 Å². The molecule has 0 fully saturated rings. The van der Waals surface area contributed by atoms with Gasteiger partial charge in [-0.3, -0.25) is 0 Å². The molecule has 1 aliphatic rings. The number of amides is 2. The van der Waals surface area contributed by atoms with Crippen LogP contribution in [0, 0.1) is 0 Å². The fourth-order valence-electron chi connectivity index (χ4n) is 2.12. The van der Waals surface area contributed by atoms with Crippen molar-refractivity contribution in [2.75, 3.05) is 18.5 Å². The molecule has 0 saturated heterocycles. The zero-order valence-corrected chi connectivity index (χ0v) is 14.3. The summed E-state index contributed by atoms with van der Waals surface area (Å²) in [5.74, 6) is 1.31. The Balaban J connectivity index is 1.68. The highest BCUT2D eigenvalue weighted by Crippen LogP contribution is 2.38. The van der Waals surface area contributed by atoms with Crippen LogP contribution in [0.1, 0.15) is 17.8 Å². The summed E-state index contributed by atoms with van der Waals surface area (Å²) >= 11 is 5.05. The third-order valence-electron chi connectivity index (χ3n) is 3.20. The minimum atomic E-state index is -0.265. The van der Waals surface area contributed by atoms with E-state index in [2.05, 4.69) is 26.6 Å². The number of carbonyl (C=O) groups excluding carboxylic acids is 1. The van der Waals surface area contributed by atoms with Gasteiger partial charge in [-0.05, 0) is 34.3 Å². The molecule has 5 nitrogen and oxygen atoms in total. The maximum Gasteiger partial charge on any atom is 0.319 e. The summed E-state index contributed by atoms with van der Waals surface area (Å²) in [6.45, 7) is 2.99. The van der Waals surface area contributed by atoms with Crippen molar-refractivity contribution in [1.29, 1.82) is 0 Å². The van der Waals surface area contributed by atoms with Crippen molar-refractivity contribution in [3.05, 3.63) is 39.0 Å². The zero-order chi connectivity index (χ0) is 15.5. The second-order valence-corrected chi connectivity index (χ2v) is 6.64. The van der Waals surface area contributed by atoms with Gasteiger partial charge in [0.1, 0.15) is 13.2 Å². The lowest BCUT2D eigenvalue weighted by atomic mass is 10.2. The Morgan fingerprint density at radius 3 is 2.73 bits per heavy atom. The van der Waals surface area contributed by atoms with Gasteiger partial charge in [-0.15, -0.1) is 11.3 Å². The Hall–Kier alpha value is -1.73. The molecule has 0 saturated carbocycles. The number of fused-ring (bicyclic) bond motifs is 1. The molecular formula is C15H15BrN2O3S. The molecule has 2 amide bonds. The van der Waals surface area contributed by atoms with Crippen LogP contribution < -0.4 is 20.1 Å². The van der Waals surface area contributed by atoms with Gasteiger partial charge in [0.2, 0.25) is 0 Å². The summed E-state index contributed by atoms with van der Waals surface area (Å²) in [7, 11) is 0. The van der Waals surface area contributed by atoms with Crippen molar-refractivity contribution in [3.63, 3.8) is 0 Å². The summed E-state index contributed by atoms with van der Waals surface area (Å²) in [4.78, 5) is 13.2. The van der Waals surface area contributed by atoms with Crippen LogP contribution in [0.5, 0.6) is 11.5 Å². The highest BCUT2D eigenvalue weighted by atomic mass is 79.9. The minimum absolute atomic E-state index is 0.0454. The number of hydrogen-bond acceptors (Lipinski definition) is 4. The van der Waals surface area contributed by atoms with E-state index in [1.165, 1.54) is 0 Å². The highest BCUT2D eigenvalue weighted by Gasteiger charge is 2.17. The summed E-state index contributed by atoms with van der Waals surface area (Å²) in [5.41, 5.74) is 0.639. The average Bonchev–Trinajstić information content (AvgIpc) is 3.02. The van der Waals surface area contributed by atoms with Crippen LogP contribution in [0.2, 0.25) is 0 Å². The van der Waals surface area contributed by atoms with E-state index < -0.39 is 0 Å². The van der Waals surface area contributed by atoms with Gasteiger partial charge in [0.15, 0.2) is 11.5 Å². The van der Waals surface area contributed by atoms with Crippen molar-refractivity contribution in [2.24, 2.45) is 0 Å². The molecule has 1 unspecified atom stereocenters. The fourth-order valence-corrected chi connectivity index (χ4v) is 3.28. The van der Waals surface area contributed by atoms with Crippen LogP contribution in [-0.2, 0) is 0 Å². The quantitative estimate of drug-likeness (QED) is 0.837. The highest BCUT2D eigenvalue weighted by molar-refractivity contribution is 9.10. The molecule has 7 heteroatoms. The number of carbonyl (C=O) groups is 1. The third-order valence-corrected chi connectivity index (χ3v) is 4.91. The average molecular weight is 383 g/mol. The normalized spacial score (nSPS) is 14.3. The first-order valence-corrected chi connectivity index (χ1v) is 8.51. The van der Waals surface area contributed by atoms with Crippen LogP contribution >= 0.6 is 27.3 Å². The first kappa shape index (κ1) is 15.2. The van der Waals surface area contributed by atoms with Crippen LogP contribution in [0.25, 0.3) is 0 Å². The van der Waals surface area contributed by atoms with Crippen molar-refractivity contribution < 1.29 is 14.3 Å². The van der Waals surface area contributed by atoms with Gasteiger partial charge in [0.25, 0.3) is 0 Å². The number of benzene rings is 1. The maximum atomic E-state index is 12.1. The number of rotatable bonds is 3. The van der Waals surface area contributed by atoms with Gasteiger partial charge >= 0.3 is 6.03 Å². The predicted octanol–water partition coefficient (Wildman–Crippen LogP) is 4.16. The summed E-state index contributed by atoms with van der Waals surface area (Å²) in [6.07, 6.45) is 0. The molecule has 1 aromatic carbocycles. The molecule has 116 valence electrons. The van der Waals surface area contributed by atoms with Crippen molar-refractivity contribution in [2.45, 2.75) is 13.0 Å². The second-order valence-electron chi connectivity index (χ2n) is 4.81. The van der Waals surface area contributed by atoms with E-state index in [4.69, 9.17) is 9.47 Å². The Morgan fingerprint density at radius 1 is 1.32 bits per heavy atom. The molecule has 0 radical (unpaired) electrons. The van der Waals surface area contributed by atoms with Gasteiger partial charge in [0, 0.05) is 21.5 Å². The Bertz CT molecular complexity index is 676. The van der Waals surface area contributed by atoms with Crippen LogP contribution in [0.4, 0.5) is 10.5 Å². The van der Waals surface area contributed by atoms with Crippen LogP contribution in [0.3, 0.4) is 0 Å². The number of urea groups is 1. The van der Waals surface area contributed by atoms with Gasteiger partial charge in [-0.2, -0.15) is 0 Å². The minimum Gasteiger partial charge on any atom is -0.486 e. The van der Waals surface area contributed by atoms with Crippen LogP contribution in [0.15, 0.2) is 34.1 Å². The monoisotopic (exact) mass is 382 g/mol. The first-order chi connectivity index (χ1) is 10.6. The van der Waals surface area contributed by atoms with E-state index in [0.717, 1.165) is 9.35 Å². The lowest BCUT2D eigenvalue weighted by Crippen LogP contribution is -2.31. The second kappa shape index (κ2) is 6.58. The molecule has 0 spiro atoms. The largest absolute Gasteiger partial charge is 0.486 e. The lowest BCUT2D eigenvalue weighted by molar-refractivity contribution is 0.171. The third kappa shape index (κ3) is 3.36. The number of thiophene rings is 1. The molecule has 1 aliphatic heterocycles. The Kier molecular flexibility index (Phi) is 4.54. The van der Waals surface area contributed by atoms with Gasteiger partial charge in [-0.1, -0.05) is 6.07 Å². The topological polar surface area (TPSA) is 59.6 Å². The number of hydrogen-bond donors (Lipinski definition) is 2. The molecule has 3 rings (SSSR count). The molecule has 0 aliphatic carbocycles. The number of nitrogens with one attached hydrogen (secondary N) is 2. The number of ether oxygens (including phenoxy) is 2. The van der Waals surface area contributed by atoms with E-state index in [-0.39, 0.29) is 12.1 Å². The molecule has 2 aromatic rings. The number of anilines is 1. The molecular weight excluding hydrogens is 368 g/mol. The molecule has 0 bridgehead atoms. The van der Waals surface area contributed by atoms with Gasteiger partial charge in [-0.25, -0.2) is 4.79 Å². The molecule has 1 atom stereocenters. The van der Waals surface area contributed by atoms with E-state index in [9.17, 15) is 4.79 Å². The van der Waals surface area contributed by atoms with E-state index in [1.807, 2.05) is 24.4 Å². The van der Waals surface area contributed by atoms with Crippen molar-refractivity contribution in [3.8, 4) is 11.5 Å². The van der Waals surface area contributed by atoms with Gasteiger partial charge in [0.05, 0.1) is 11.7 Å². The Labute approximate surface area is 140 Å². The molecule has 1 aromatic heterocycles. The van der Waals surface area contributed by atoms with E-state index in [0.29, 0.717) is 30.4 Å². The summed E-state index contributed by atoms with van der Waals surface area (Å²) in [5, 5.41) is 7.72. The smallest absolute Gasteiger partial charge is 0.319 e. The van der Waals surface area contributed by atoms with Crippen molar-refractivity contribution >= 4 is 39.0 Å². The first-order valence-electron chi connectivity index (χ1n) is 6.83. The van der Waals surface area contributed by atoms with Crippen LogP contribution in [-0.4, -0.2) is 19.2 Å². The summed E-state index contributed by atoms with van der Waals surface area (Å²) < 4.78 is 11.8. The van der Waals surface area contributed by atoms with Gasteiger partial charge < -0.3 is 20.1 Å². The Morgan fingerprint density at radius 2 is 2.05 bits per heavy atom. The van der Waals surface area contributed by atoms with E-state index in [1.54, 1.807) is 23.5 Å².